The minimum absolute atomic E-state index is 0.110. The van der Waals surface area contributed by atoms with E-state index in [1.807, 2.05) is 35.2 Å². The van der Waals surface area contributed by atoms with Gasteiger partial charge in [0.25, 0.3) is 5.69 Å². The van der Waals surface area contributed by atoms with Gasteiger partial charge >= 0.3 is 0 Å². The van der Waals surface area contributed by atoms with Gasteiger partial charge in [-0.3, -0.25) is 10.1 Å². The number of non-ortho nitro benzene ring substituents is 1. The Morgan fingerprint density at radius 1 is 1.00 bits per heavy atom. The van der Waals surface area contributed by atoms with Gasteiger partial charge in [-0.15, -0.1) is 0 Å². The highest BCUT2D eigenvalue weighted by atomic mass is 16.6. The Kier molecular flexibility index (Phi) is 3.24. The van der Waals surface area contributed by atoms with Crippen molar-refractivity contribution in [1.82, 2.24) is 4.57 Å². The van der Waals surface area contributed by atoms with E-state index < -0.39 is 0 Å². The minimum atomic E-state index is -0.338. The number of nitro groups is 1. The molecule has 112 valence electrons. The van der Waals surface area contributed by atoms with Crippen molar-refractivity contribution < 1.29 is 4.92 Å². The highest BCUT2D eigenvalue weighted by molar-refractivity contribution is 5.91. The van der Waals surface area contributed by atoms with Crippen LogP contribution in [0.1, 0.15) is 26.3 Å². The summed E-state index contributed by atoms with van der Waals surface area (Å²) in [6.45, 7) is 6.53. The number of nitro benzene ring substituents is 1. The largest absolute Gasteiger partial charge is 0.322 e. The maximum absolute atomic E-state index is 11.1. The van der Waals surface area contributed by atoms with Crippen molar-refractivity contribution in [1.29, 1.82) is 0 Å². The monoisotopic (exact) mass is 294 g/mol. The molecule has 22 heavy (non-hydrogen) atoms. The molecule has 0 aliphatic heterocycles. The van der Waals surface area contributed by atoms with Gasteiger partial charge in [-0.1, -0.05) is 45.0 Å². The summed E-state index contributed by atoms with van der Waals surface area (Å²) < 4.78 is 1.93. The minimum Gasteiger partial charge on any atom is -0.322 e. The molecule has 0 radical (unpaired) electrons. The maximum atomic E-state index is 11.1. The smallest absolute Gasteiger partial charge is 0.278 e. The van der Waals surface area contributed by atoms with Crippen molar-refractivity contribution in [2.45, 2.75) is 26.2 Å². The highest BCUT2D eigenvalue weighted by Gasteiger charge is 2.15. The lowest BCUT2D eigenvalue weighted by Gasteiger charge is -2.19. The second-order valence-corrected chi connectivity index (χ2v) is 6.50. The summed E-state index contributed by atoms with van der Waals surface area (Å²) in [7, 11) is 0. The standard InChI is InChI=1S/C18H18N2O2/c1-18(2,3)14-7-9-15(10-8-14)19-11-13-5-4-6-17(20(21)22)16(13)12-19/h4-12H,1-3H3. The van der Waals surface area contributed by atoms with Crippen molar-refractivity contribution in [2.75, 3.05) is 0 Å². The van der Waals surface area contributed by atoms with Gasteiger partial charge in [0.05, 0.1) is 10.3 Å². The van der Waals surface area contributed by atoms with E-state index in [2.05, 4.69) is 32.9 Å². The Balaban J connectivity index is 2.07. The molecule has 3 rings (SSSR count). The number of rotatable bonds is 2. The van der Waals surface area contributed by atoms with Crippen LogP contribution >= 0.6 is 0 Å². The first-order valence-electron chi connectivity index (χ1n) is 7.22. The van der Waals surface area contributed by atoms with Crippen LogP contribution in [0.4, 0.5) is 5.69 Å². The van der Waals surface area contributed by atoms with E-state index in [1.165, 1.54) is 11.6 Å². The zero-order valence-electron chi connectivity index (χ0n) is 12.9. The molecule has 4 heteroatoms. The van der Waals surface area contributed by atoms with E-state index >= 15 is 0 Å². The van der Waals surface area contributed by atoms with Crippen LogP contribution in [0.15, 0.2) is 54.9 Å². The molecule has 2 aromatic carbocycles. The third-order valence-corrected chi connectivity index (χ3v) is 3.89. The first-order valence-corrected chi connectivity index (χ1v) is 7.22. The normalized spacial score (nSPS) is 11.8. The third-order valence-electron chi connectivity index (χ3n) is 3.89. The molecule has 1 heterocycles. The summed E-state index contributed by atoms with van der Waals surface area (Å²) in [5.41, 5.74) is 2.51. The van der Waals surface area contributed by atoms with Crippen molar-refractivity contribution in [3.63, 3.8) is 0 Å². The summed E-state index contributed by atoms with van der Waals surface area (Å²) in [6.07, 6.45) is 3.74. The van der Waals surface area contributed by atoms with E-state index in [-0.39, 0.29) is 16.0 Å². The second-order valence-electron chi connectivity index (χ2n) is 6.50. The van der Waals surface area contributed by atoms with Gasteiger partial charge in [-0.25, -0.2) is 0 Å². The molecule has 0 aliphatic carbocycles. The molecule has 3 aromatic rings. The van der Waals surface area contributed by atoms with E-state index in [9.17, 15) is 10.1 Å². The number of benzene rings is 2. The van der Waals surface area contributed by atoms with Crippen molar-refractivity contribution in [3.05, 3.63) is 70.5 Å². The Bertz CT molecular complexity index is 840. The molecule has 0 saturated heterocycles. The van der Waals surface area contributed by atoms with Crippen LogP contribution in [0.2, 0.25) is 0 Å². The fourth-order valence-electron chi connectivity index (χ4n) is 2.59. The quantitative estimate of drug-likeness (QED) is 0.501. The second kappa shape index (κ2) is 4.98. The molecule has 0 fully saturated rings. The summed E-state index contributed by atoms with van der Waals surface area (Å²) in [4.78, 5) is 10.8. The molecule has 0 saturated carbocycles. The number of fused-ring (bicyclic) bond motifs is 1. The van der Waals surface area contributed by atoms with E-state index in [1.54, 1.807) is 6.07 Å². The molecule has 0 amide bonds. The van der Waals surface area contributed by atoms with E-state index in [0.29, 0.717) is 5.39 Å². The van der Waals surface area contributed by atoms with Crippen molar-refractivity contribution >= 4 is 16.5 Å². The zero-order valence-corrected chi connectivity index (χ0v) is 12.9. The predicted octanol–water partition coefficient (Wildman–Crippen LogP) is 4.84. The third kappa shape index (κ3) is 2.48. The van der Waals surface area contributed by atoms with Gasteiger partial charge in [0.15, 0.2) is 0 Å². The zero-order chi connectivity index (χ0) is 15.9. The topological polar surface area (TPSA) is 48.1 Å². The van der Waals surface area contributed by atoms with Crippen molar-refractivity contribution in [3.8, 4) is 5.69 Å². The molecule has 0 unspecified atom stereocenters. The van der Waals surface area contributed by atoms with E-state index in [0.717, 1.165) is 11.1 Å². The first kappa shape index (κ1) is 14.3. The SMILES string of the molecule is CC(C)(C)c1ccc(-n2cc3cccc([N+](=O)[O-])c3c2)cc1. The van der Waals surface area contributed by atoms with Crippen LogP contribution in [-0.2, 0) is 5.41 Å². The molecule has 0 atom stereocenters. The molecule has 4 nitrogen and oxygen atoms in total. The van der Waals surface area contributed by atoms with Gasteiger partial charge in [0, 0.05) is 29.5 Å². The Labute approximate surface area is 129 Å². The number of hydrogen-bond acceptors (Lipinski definition) is 2. The Hall–Kier alpha value is -2.62. The molecular weight excluding hydrogens is 276 g/mol. The van der Waals surface area contributed by atoms with Gasteiger partial charge in [0.2, 0.25) is 0 Å². The van der Waals surface area contributed by atoms with Gasteiger partial charge < -0.3 is 4.57 Å². The summed E-state index contributed by atoms with van der Waals surface area (Å²) in [6, 6.07) is 13.4. The van der Waals surface area contributed by atoms with Crippen LogP contribution in [0.5, 0.6) is 0 Å². The lowest BCUT2D eigenvalue weighted by Crippen LogP contribution is -2.10. The molecule has 0 spiro atoms. The maximum Gasteiger partial charge on any atom is 0.278 e. The van der Waals surface area contributed by atoms with Crippen LogP contribution in [0.3, 0.4) is 0 Å². The van der Waals surface area contributed by atoms with Crippen molar-refractivity contribution in [2.24, 2.45) is 0 Å². The highest BCUT2D eigenvalue weighted by Crippen LogP contribution is 2.28. The molecule has 0 aliphatic rings. The van der Waals surface area contributed by atoms with E-state index in [4.69, 9.17) is 0 Å². The number of aromatic nitrogens is 1. The molecule has 0 bridgehead atoms. The van der Waals surface area contributed by atoms with Gasteiger partial charge in [-0.05, 0) is 23.1 Å². The van der Waals surface area contributed by atoms with Crippen LogP contribution in [0, 0.1) is 10.1 Å². The van der Waals surface area contributed by atoms with Gasteiger partial charge in [0.1, 0.15) is 0 Å². The van der Waals surface area contributed by atoms with Crippen LogP contribution in [0.25, 0.3) is 16.5 Å². The molecular formula is C18H18N2O2. The predicted molar refractivity (Wildman–Crippen MR) is 88.6 cm³/mol. The van der Waals surface area contributed by atoms with Gasteiger partial charge in [-0.2, -0.15) is 0 Å². The van der Waals surface area contributed by atoms with Crippen LogP contribution < -0.4 is 0 Å². The number of hydrogen-bond donors (Lipinski definition) is 0. The molecule has 0 N–H and O–H groups in total. The lowest BCUT2D eigenvalue weighted by atomic mass is 9.87. The Morgan fingerprint density at radius 2 is 1.68 bits per heavy atom. The average Bonchev–Trinajstić information content (AvgIpc) is 2.90. The summed E-state index contributed by atoms with van der Waals surface area (Å²) in [5, 5.41) is 12.6. The fourth-order valence-corrected chi connectivity index (χ4v) is 2.59. The average molecular weight is 294 g/mol. The first-order chi connectivity index (χ1) is 10.4. The summed E-state index contributed by atoms with van der Waals surface area (Å²) >= 11 is 0. The van der Waals surface area contributed by atoms with Crippen LogP contribution in [-0.4, -0.2) is 9.49 Å². The fraction of sp³-hybridized carbons (Fsp3) is 0.222. The lowest BCUT2D eigenvalue weighted by molar-refractivity contribution is -0.383. The molecule has 1 aromatic heterocycles. The number of nitrogens with zero attached hydrogens (tertiary/aromatic N) is 2. The Morgan fingerprint density at radius 3 is 2.27 bits per heavy atom. The summed E-state index contributed by atoms with van der Waals surface area (Å²) in [5.74, 6) is 0.